The van der Waals surface area contributed by atoms with Gasteiger partial charge in [0.15, 0.2) is 5.65 Å². The zero-order valence-corrected chi connectivity index (χ0v) is 25.8. The van der Waals surface area contributed by atoms with Crippen molar-refractivity contribution in [2.75, 3.05) is 29.9 Å². The molecule has 0 amide bonds. The van der Waals surface area contributed by atoms with Crippen molar-refractivity contribution in [2.45, 2.75) is 89.8 Å². The lowest BCUT2D eigenvalue weighted by atomic mass is 9.91. The fourth-order valence-electron chi connectivity index (χ4n) is 6.28. The van der Waals surface area contributed by atoms with Gasteiger partial charge in [0.05, 0.1) is 17.6 Å². The number of halogens is 1. The van der Waals surface area contributed by atoms with Gasteiger partial charge in [0, 0.05) is 23.7 Å². The molecule has 5 rings (SSSR count). The molecule has 1 aromatic carbocycles. The van der Waals surface area contributed by atoms with E-state index in [-0.39, 0.29) is 40.7 Å². The first-order chi connectivity index (χ1) is 20.0. The van der Waals surface area contributed by atoms with Crippen molar-refractivity contribution < 1.29 is 12.8 Å². The third-order valence-corrected chi connectivity index (χ3v) is 10.0. The van der Waals surface area contributed by atoms with E-state index in [1.54, 1.807) is 10.8 Å². The average Bonchev–Trinajstić information content (AvgIpc) is 2.94. The van der Waals surface area contributed by atoms with Crippen molar-refractivity contribution in [1.82, 2.24) is 24.4 Å². The molecular weight excluding hydrogens is 557 g/mol. The van der Waals surface area contributed by atoms with Crippen LogP contribution in [0.5, 0.6) is 0 Å². The summed E-state index contributed by atoms with van der Waals surface area (Å²) >= 11 is 0. The monoisotopic (exact) mass is 599 g/mol. The maximum atomic E-state index is 15.2. The molecule has 0 unspecified atom stereocenters. The summed E-state index contributed by atoms with van der Waals surface area (Å²) in [5.74, 6) is -0.244. The highest BCUT2D eigenvalue weighted by Gasteiger charge is 2.25. The third kappa shape index (κ3) is 6.91. The van der Waals surface area contributed by atoms with Crippen molar-refractivity contribution in [3.63, 3.8) is 0 Å². The summed E-state index contributed by atoms with van der Waals surface area (Å²) in [5.41, 5.74) is 0.586. The van der Waals surface area contributed by atoms with E-state index in [9.17, 15) is 13.2 Å². The van der Waals surface area contributed by atoms with Crippen LogP contribution in [0, 0.1) is 11.7 Å². The molecule has 0 aliphatic heterocycles. The molecule has 0 saturated heterocycles. The van der Waals surface area contributed by atoms with Crippen molar-refractivity contribution in [3.8, 4) is 11.3 Å². The van der Waals surface area contributed by atoms with Gasteiger partial charge in [-0.25, -0.2) is 22.8 Å². The number of sulfonamides is 1. The third-order valence-electron chi connectivity index (χ3n) is 8.60. The smallest absolute Gasteiger partial charge is 0.278 e. The maximum absolute atomic E-state index is 15.2. The molecule has 2 saturated carbocycles. The Morgan fingerprint density at radius 1 is 1.05 bits per heavy atom. The minimum absolute atomic E-state index is 0.0201. The molecule has 2 N–H and O–H groups in total. The van der Waals surface area contributed by atoms with Crippen LogP contribution in [-0.4, -0.2) is 64.8 Å². The largest absolute Gasteiger partial charge is 0.351 e. The normalized spacial score (nSPS) is 20.4. The Balaban J connectivity index is 1.39. The first kappa shape index (κ1) is 30.3. The van der Waals surface area contributed by atoms with Gasteiger partial charge in [-0.15, -0.1) is 0 Å². The molecule has 0 spiro atoms. The van der Waals surface area contributed by atoms with Gasteiger partial charge < -0.3 is 10.2 Å². The van der Waals surface area contributed by atoms with Crippen LogP contribution in [0.25, 0.3) is 22.4 Å². The van der Waals surface area contributed by atoms with Gasteiger partial charge >= 0.3 is 0 Å². The van der Waals surface area contributed by atoms with Gasteiger partial charge in [-0.3, -0.25) is 14.1 Å². The molecule has 10 nitrogen and oxygen atoms in total. The van der Waals surface area contributed by atoms with Gasteiger partial charge in [-0.05, 0) is 84.5 Å². The predicted octanol–water partition coefficient (Wildman–Crippen LogP) is 5.18. The number of rotatable bonds is 9. The molecular formula is C30H42FN7O3S. The Labute approximate surface area is 247 Å². The minimum Gasteiger partial charge on any atom is -0.351 e. The van der Waals surface area contributed by atoms with E-state index in [0.717, 1.165) is 63.9 Å². The van der Waals surface area contributed by atoms with E-state index in [4.69, 9.17) is 0 Å². The Hall–Kier alpha value is -3.12. The second kappa shape index (κ2) is 12.6. The van der Waals surface area contributed by atoms with Gasteiger partial charge in [0.1, 0.15) is 17.0 Å². The van der Waals surface area contributed by atoms with Crippen molar-refractivity contribution in [2.24, 2.45) is 5.92 Å². The number of hydrogen-bond donors (Lipinski definition) is 2. The van der Waals surface area contributed by atoms with Crippen LogP contribution in [0.4, 0.5) is 16.0 Å². The molecule has 0 atom stereocenters. The van der Waals surface area contributed by atoms with Gasteiger partial charge in [0.25, 0.3) is 5.56 Å². The lowest BCUT2D eigenvalue weighted by molar-refractivity contribution is 0.221. The quantitative estimate of drug-likeness (QED) is 0.345. The van der Waals surface area contributed by atoms with Crippen LogP contribution in [0.1, 0.15) is 77.7 Å². The summed E-state index contributed by atoms with van der Waals surface area (Å²) in [6.07, 6.45) is 10.7. The average molecular weight is 600 g/mol. The molecule has 12 heteroatoms. The lowest BCUT2D eigenvalue weighted by Gasteiger charge is -2.32. The van der Waals surface area contributed by atoms with Gasteiger partial charge in [-0.2, -0.15) is 4.98 Å². The minimum atomic E-state index is -3.71. The highest BCUT2D eigenvalue weighted by atomic mass is 32.2. The SMILES string of the molecule is CC(C)n1c(=O)c(-c2ccc(NS(=O)(=O)CC3CCCCC3)c(F)c2)nc2cnc(N[C@H]3CC[C@H](N(C)C)CC3)nc21. The Morgan fingerprint density at radius 2 is 1.76 bits per heavy atom. The first-order valence-electron chi connectivity index (χ1n) is 15.0. The molecule has 2 aliphatic carbocycles. The molecule has 2 fully saturated rings. The fourth-order valence-corrected chi connectivity index (χ4v) is 7.81. The number of fused-ring (bicyclic) bond motifs is 1. The standard InChI is InChI=1S/C30H42FN7O3S/c1-19(2)38-28-26(17-32-30(35-28)33-22-11-13-23(14-12-22)37(3)4)34-27(29(38)39)21-10-15-25(24(31)16-21)36-42(40,41)18-20-8-6-5-7-9-20/h10,15-17,19-20,22-23,36H,5-9,11-14,18H2,1-4H3,(H,32,33,35)/t22-,23-. The summed E-state index contributed by atoms with van der Waals surface area (Å²) in [6, 6.07) is 4.61. The molecule has 3 aromatic rings. The fraction of sp³-hybridized carbons (Fsp3) is 0.600. The Kier molecular flexibility index (Phi) is 9.12. The van der Waals surface area contributed by atoms with Crippen LogP contribution in [-0.2, 0) is 10.0 Å². The van der Waals surface area contributed by atoms with E-state index in [1.165, 1.54) is 12.1 Å². The zero-order chi connectivity index (χ0) is 30.0. The number of nitrogens with zero attached hydrogens (tertiary/aromatic N) is 5. The second-order valence-electron chi connectivity index (χ2n) is 12.3. The van der Waals surface area contributed by atoms with Crippen LogP contribution >= 0.6 is 0 Å². The number of hydrogen-bond acceptors (Lipinski definition) is 8. The van der Waals surface area contributed by atoms with E-state index >= 15 is 4.39 Å². The van der Waals surface area contributed by atoms with E-state index in [2.05, 4.69) is 44.0 Å². The van der Waals surface area contributed by atoms with Crippen LogP contribution in [0.15, 0.2) is 29.2 Å². The molecule has 2 aliphatic rings. The number of nitrogens with one attached hydrogen (secondary N) is 2. The van der Waals surface area contributed by atoms with Crippen LogP contribution < -0.4 is 15.6 Å². The zero-order valence-electron chi connectivity index (χ0n) is 24.9. The maximum Gasteiger partial charge on any atom is 0.278 e. The molecule has 0 bridgehead atoms. The number of anilines is 2. The van der Waals surface area contributed by atoms with E-state index in [1.807, 2.05) is 13.8 Å². The topological polar surface area (TPSA) is 122 Å². The van der Waals surface area contributed by atoms with Crippen molar-refractivity contribution >= 4 is 32.8 Å². The highest BCUT2D eigenvalue weighted by Crippen LogP contribution is 2.28. The summed E-state index contributed by atoms with van der Waals surface area (Å²) in [5, 5.41) is 3.43. The van der Waals surface area contributed by atoms with Crippen LogP contribution in [0.2, 0.25) is 0 Å². The molecule has 228 valence electrons. The Morgan fingerprint density at radius 3 is 2.40 bits per heavy atom. The van der Waals surface area contributed by atoms with Crippen molar-refractivity contribution in [1.29, 1.82) is 0 Å². The summed E-state index contributed by atoms with van der Waals surface area (Å²) in [7, 11) is 0.516. The first-order valence-corrected chi connectivity index (χ1v) is 16.7. The summed E-state index contributed by atoms with van der Waals surface area (Å²) < 4.78 is 44.6. The Bertz CT molecular complexity index is 1580. The number of aromatic nitrogens is 4. The summed E-state index contributed by atoms with van der Waals surface area (Å²) in [6.45, 7) is 3.76. The molecule has 42 heavy (non-hydrogen) atoms. The summed E-state index contributed by atoms with van der Waals surface area (Å²) in [4.78, 5) is 29.6. The molecule has 2 heterocycles. The van der Waals surface area contributed by atoms with E-state index < -0.39 is 21.4 Å². The molecule has 2 aromatic heterocycles. The van der Waals surface area contributed by atoms with E-state index in [0.29, 0.717) is 23.2 Å². The predicted molar refractivity (Wildman–Crippen MR) is 165 cm³/mol. The van der Waals surface area contributed by atoms with Crippen molar-refractivity contribution in [3.05, 3.63) is 40.6 Å². The lowest BCUT2D eigenvalue weighted by Crippen LogP contribution is -2.36. The second-order valence-corrected chi connectivity index (χ2v) is 14.1. The van der Waals surface area contributed by atoms with Gasteiger partial charge in [-0.1, -0.05) is 25.3 Å². The van der Waals surface area contributed by atoms with Crippen LogP contribution in [0.3, 0.4) is 0 Å². The highest BCUT2D eigenvalue weighted by molar-refractivity contribution is 7.92. The van der Waals surface area contributed by atoms with Gasteiger partial charge in [0.2, 0.25) is 16.0 Å². The molecule has 0 radical (unpaired) electrons. The number of benzene rings is 1.